The number of rotatable bonds is 2. The number of hydrogen-bond acceptors (Lipinski definition) is 2. The van der Waals surface area contributed by atoms with E-state index in [1.165, 1.54) is 5.56 Å². The second kappa shape index (κ2) is 5.69. The lowest BCUT2D eigenvalue weighted by Crippen LogP contribution is -1.82. The van der Waals surface area contributed by atoms with Crippen molar-refractivity contribution in [2.75, 3.05) is 12.9 Å². The Balaban J connectivity index is 2.79. The molecule has 0 heterocycles. The van der Waals surface area contributed by atoms with E-state index >= 15 is 0 Å². The maximum absolute atomic E-state index is 8.52. The van der Waals surface area contributed by atoms with Crippen LogP contribution in [0.15, 0.2) is 24.3 Å². The molecule has 0 amide bonds. The topological polar surface area (TPSA) is 20.2 Å². The first-order chi connectivity index (χ1) is 6.36. The molecule has 1 rings (SSSR count). The minimum absolute atomic E-state index is 0.0766. The van der Waals surface area contributed by atoms with Crippen LogP contribution >= 0.6 is 11.8 Å². The van der Waals surface area contributed by atoms with Crippen molar-refractivity contribution in [3.8, 4) is 11.8 Å². The molecule has 0 aliphatic carbocycles. The fraction of sp³-hybridized carbons (Fsp3) is 0.273. The van der Waals surface area contributed by atoms with E-state index in [-0.39, 0.29) is 6.61 Å². The molecule has 1 aromatic carbocycles. The molecule has 0 bridgehead atoms. The molecular formula is C11H12OS. The molecule has 0 unspecified atom stereocenters. The molecular weight excluding hydrogens is 180 g/mol. The minimum atomic E-state index is -0.0766. The van der Waals surface area contributed by atoms with Gasteiger partial charge in [0.15, 0.2) is 0 Å². The summed E-state index contributed by atoms with van der Waals surface area (Å²) in [6, 6.07) is 8.08. The Hall–Kier alpha value is -0.910. The highest BCUT2D eigenvalue weighted by Crippen LogP contribution is 2.10. The molecule has 0 aromatic heterocycles. The Morgan fingerprint density at radius 2 is 2.31 bits per heavy atom. The summed E-state index contributed by atoms with van der Waals surface area (Å²) >= 11 is 1.79. The maximum atomic E-state index is 8.52. The van der Waals surface area contributed by atoms with Crippen molar-refractivity contribution in [3.05, 3.63) is 35.4 Å². The van der Waals surface area contributed by atoms with Gasteiger partial charge >= 0.3 is 0 Å². The Morgan fingerprint density at radius 1 is 1.46 bits per heavy atom. The van der Waals surface area contributed by atoms with Crippen LogP contribution < -0.4 is 0 Å². The van der Waals surface area contributed by atoms with Gasteiger partial charge in [-0.15, -0.1) is 0 Å². The van der Waals surface area contributed by atoms with Gasteiger partial charge in [0.2, 0.25) is 0 Å². The first-order valence-electron chi connectivity index (χ1n) is 4.04. The van der Waals surface area contributed by atoms with E-state index in [9.17, 15) is 0 Å². The van der Waals surface area contributed by atoms with Crippen molar-refractivity contribution in [3.63, 3.8) is 0 Å². The van der Waals surface area contributed by atoms with E-state index in [0.717, 1.165) is 11.3 Å². The van der Waals surface area contributed by atoms with Crippen LogP contribution in [0.3, 0.4) is 0 Å². The highest BCUT2D eigenvalue weighted by Gasteiger charge is 1.91. The first kappa shape index (κ1) is 10.2. The summed E-state index contributed by atoms with van der Waals surface area (Å²) in [5, 5.41) is 8.52. The average Bonchev–Trinajstić information content (AvgIpc) is 2.16. The van der Waals surface area contributed by atoms with Gasteiger partial charge in [-0.05, 0) is 24.0 Å². The zero-order valence-electron chi connectivity index (χ0n) is 7.58. The zero-order chi connectivity index (χ0) is 9.52. The van der Waals surface area contributed by atoms with Crippen molar-refractivity contribution in [1.29, 1.82) is 0 Å². The molecule has 0 aliphatic heterocycles. The summed E-state index contributed by atoms with van der Waals surface area (Å²) < 4.78 is 0. The number of thioether (sulfide) groups is 1. The normalized spacial score (nSPS) is 9.08. The monoisotopic (exact) mass is 192 g/mol. The average molecular weight is 192 g/mol. The van der Waals surface area contributed by atoms with Gasteiger partial charge < -0.3 is 5.11 Å². The molecule has 1 aromatic rings. The molecule has 0 atom stereocenters. The van der Waals surface area contributed by atoms with Crippen molar-refractivity contribution >= 4 is 11.8 Å². The Labute approximate surface area is 83.2 Å². The predicted octanol–water partition coefficient (Wildman–Crippen LogP) is 1.89. The summed E-state index contributed by atoms with van der Waals surface area (Å²) in [5.74, 6) is 6.53. The quantitative estimate of drug-likeness (QED) is 0.722. The highest BCUT2D eigenvalue weighted by molar-refractivity contribution is 7.97. The van der Waals surface area contributed by atoms with Crippen molar-refractivity contribution < 1.29 is 5.11 Å². The van der Waals surface area contributed by atoms with Gasteiger partial charge in [0.05, 0.1) is 0 Å². The first-order valence-corrected chi connectivity index (χ1v) is 5.44. The number of benzene rings is 1. The van der Waals surface area contributed by atoms with Crippen LogP contribution in [0.1, 0.15) is 11.1 Å². The van der Waals surface area contributed by atoms with Crippen LogP contribution in [0.5, 0.6) is 0 Å². The third-order valence-corrected chi connectivity index (χ3v) is 2.17. The van der Waals surface area contributed by atoms with Gasteiger partial charge in [0.25, 0.3) is 0 Å². The second-order valence-electron chi connectivity index (χ2n) is 2.59. The van der Waals surface area contributed by atoms with Gasteiger partial charge in [-0.3, -0.25) is 0 Å². The molecule has 68 valence electrons. The Kier molecular flexibility index (Phi) is 4.45. The highest BCUT2D eigenvalue weighted by atomic mass is 32.2. The van der Waals surface area contributed by atoms with Crippen LogP contribution in [-0.2, 0) is 5.75 Å². The number of hydrogen-bond donors (Lipinski definition) is 1. The molecule has 0 spiro atoms. The fourth-order valence-electron chi connectivity index (χ4n) is 1.05. The largest absolute Gasteiger partial charge is 0.384 e. The van der Waals surface area contributed by atoms with E-state index in [2.05, 4.69) is 30.2 Å². The van der Waals surface area contributed by atoms with E-state index in [0.29, 0.717) is 0 Å². The van der Waals surface area contributed by atoms with E-state index < -0.39 is 0 Å². The number of aliphatic hydroxyl groups is 1. The summed E-state index contributed by atoms with van der Waals surface area (Å²) in [5.41, 5.74) is 2.25. The zero-order valence-corrected chi connectivity index (χ0v) is 8.40. The summed E-state index contributed by atoms with van der Waals surface area (Å²) in [4.78, 5) is 0. The summed E-state index contributed by atoms with van der Waals surface area (Å²) in [6.45, 7) is -0.0766. The molecule has 13 heavy (non-hydrogen) atoms. The summed E-state index contributed by atoms with van der Waals surface area (Å²) in [6.07, 6.45) is 2.08. The van der Waals surface area contributed by atoms with Crippen LogP contribution in [0.2, 0.25) is 0 Å². The molecule has 2 heteroatoms. The fourth-order valence-corrected chi connectivity index (χ4v) is 1.56. The lowest BCUT2D eigenvalue weighted by molar-refractivity contribution is 0.350. The van der Waals surface area contributed by atoms with Gasteiger partial charge in [0.1, 0.15) is 6.61 Å². The van der Waals surface area contributed by atoms with Crippen molar-refractivity contribution in [2.24, 2.45) is 0 Å². The maximum Gasteiger partial charge on any atom is 0.104 e. The molecule has 0 saturated heterocycles. The van der Waals surface area contributed by atoms with Gasteiger partial charge in [-0.2, -0.15) is 11.8 Å². The Bertz CT molecular complexity index is 322. The van der Waals surface area contributed by atoms with Gasteiger partial charge in [-0.1, -0.05) is 24.0 Å². The Morgan fingerprint density at radius 3 is 3.00 bits per heavy atom. The van der Waals surface area contributed by atoms with E-state index in [4.69, 9.17) is 5.11 Å². The SMILES string of the molecule is CSCc1cccc(C#CCO)c1. The third-order valence-electron chi connectivity index (χ3n) is 1.55. The third kappa shape index (κ3) is 3.54. The van der Waals surface area contributed by atoms with Gasteiger partial charge in [-0.25, -0.2) is 0 Å². The standard InChI is InChI=1S/C11H12OS/c1-13-9-11-5-2-4-10(8-11)6-3-7-12/h2,4-5,8,12H,7,9H2,1H3. The van der Waals surface area contributed by atoms with E-state index in [1.54, 1.807) is 11.8 Å². The molecule has 0 radical (unpaired) electrons. The second-order valence-corrected chi connectivity index (χ2v) is 3.46. The van der Waals surface area contributed by atoms with Crippen LogP contribution in [-0.4, -0.2) is 18.0 Å². The molecule has 0 fully saturated rings. The van der Waals surface area contributed by atoms with Crippen molar-refractivity contribution in [2.45, 2.75) is 5.75 Å². The van der Waals surface area contributed by atoms with Crippen LogP contribution in [0, 0.1) is 11.8 Å². The lowest BCUT2D eigenvalue weighted by atomic mass is 10.1. The van der Waals surface area contributed by atoms with Gasteiger partial charge in [0, 0.05) is 11.3 Å². The smallest absolute Gasteiger partial charge is 0.104 e. The molecule has 1 N–H and O–H groups in total. The molecule has 1 nitrogen and oxygen atoms in total. The van der Waals surface area contributed by atoms with Crippen LogP contribution in [0.25, 0.3) is 0 Å². The van der Waals surface area contributed by atoms with E-state index in [1.807, 2.05) is 12.1 Å². The molecule has 0 saturated carbocycles. The predicted molar refractivity (Wildman–Crippen MR) is 57.6 cm³/mol. The summed E-state index contributed by atoms with van der Waals surface area (Å²) in [7, 11) is 0. The minimum Gasteiger partial charge on any atom is -0.384 e. The molecule has 0 aliphatic rings. The van der Waals surface area contributed by atoms with Crippen molar-refractivity contribution in [1.82, 2.24) is 0 Å². The number of aliphatic hydroxyl groups excluding tert-OH is 1. The lowest BCUT2D eigenvalue weighted by Gasteiger charge is -1.97. The van der Waals surface area contributed by atoms with Crippen LogP contribution in [0.4, 0.5) is 0 Å².